The van der Waals surface area contributed by atoms with Crippen molar-refractivity contribution in [1.82, 2.24) is 0 Å². The Kier molecular flexibility index (Phi) is 4.83. The summed E-state index contributed by atoms with van der Waals surface area (Å²) in [5.74, 6) is -0.676. The number of carbonyl (C=O) groups excluding carboxylic acids is 1. The third kappa shape index (κ3) is 3.70. The number of aryl methyl sites for hydroxylation is 1. The normalized spacial score (nSPS) is 14.8. The number of rotatable bonds is 4. The maximum Gasteiger partial charge on any atom is 0.224 e. The van der Waals surface area contributed by atoms with E-state index in [0.717, 1.165) is 0 Å². The van der Waals surface area contributed by atoms with E-state index < -0.39 is 9.84 Å². The predicted octanol–water partition coefficient (Wildman–Crippen LogP) is 3.42. The number of para-hydroxylation sites is 1. The average Bonchev–Trinajstić information content (AvgIpc) is 2.55. The minimum Gasteiger partial charge on any atom is -0.506 e. The molecule has 0 aliphatic carbocycles. The van der Waals surface area contributed by atoms with Crippen LogP contribution in [0.1, 0.15) is 17.5 Å². The minimum atomic E-state index is -3.54. The number of anilines is 1. The molecule has 1 aliphatic heterocycles. The first-order valence-electron chi connectivity index (χ1n) is 7.67. The van der Waals surface area contributed by atoms with Gasteiger partial charge < -0.3 is 10.4 Å². The zero-order valence-electron chi connectivity index (χ0n) is 13.2. The van der Waals surface area contributed by atoms with Crippen LogP contribution >= 0.6 is 11.6 Å². The Hall–Kier alpha value is -2.31. The zero-order chi connectivity index (χ0) is 18.0. The summed E-state index contributed by atoms with van der Waals surface area (Å²) in [6.07, 6.45) is 3.53. The molecule has 1 heterocycles. The molecule has 2 aromatic rings. The van der Waals surface area contributed by atoms with E-state index in [4.69, 9.17) is 11.6 Å². The molecular weight excluding hydrogens is 362 g/mol. The quantitative estimate of drug-likeness (QED) is 0.855. The van der Waals surface area contributed by atoms with Crippen LogP contribution in [-0.2, 0) is 21.1 Å². The van der Waals surface area contributed by atoms with E-state index in [1.54, 1.807) is 48.6 Å². The van der Waals surface area contributed by atoms with Crippen LogP contribution in [0.15, 0.2) is 47.4 Å². The van der Waals surface area contributed by atoms with Gasteiger partial charge in [0.15, 0.2) is 9.84 Å². The molecule has 0 unspecified atom stereocenters. The van der Waals surface area contributed by atoms with Crippen molar-refractivity contribution in [3.05, 3.63) is 58.6 Å². The predicted molar refractivity (Wildman–Crippen MR) is 97.6 cm³/mol. The fourth-order valence-corrected chi connectivity index (χ4v) is 4.32. The van der Waals surface area contributed by atoms with Crippen molar-refractivity contribution in [3.63, 3.8) is 0 Å². The second-order valence-corrected chi connectivity index (χ2v) is 8.08. The summed E-state index contributed by atoms with van der Waals surface area (Å²) in [4.78, 5) is 12.0. The lowest BCUT2D eigenvalue weighted by Gasteiger charge is -2.15. The van der Waals surface area contributed by atoms with Gasteiger partial charge in [-0.05, 0) is 29.7 Å². The van der Waals surface area contributed by atoms with Gasteiger partial charge in [0.05, 0.1) is 16.5 Å². The highest BCUT2D eigenvalue weighted by Gasteiger charge is 2.26. The van der Waals surface area contributed by atoms with E-state index in [-0.39, 0.29) is 35.1 Å². The van der Waals surface area contributed by atoms with Crippen molar-refractivity contribution >= 4 is 39.1 Å². The van der Waals surface area contributed by atoms with Gasteiger partial charge in [-0.2, -0.15) is 0 Å². The third-order valence-corrected chi connectivity index (χ3v) is 5.95. The summed E-state index contributed by atoms with van der Waals surface area (Å²) in [5, 5.41) is 13.5. The topological polar surface area (TPSA) is 83.5 Å². The monoisotopic (exact) mass is 377 g/mol. The molecule has 0 radical (unpaired) electrons. The smallest absolute Gasteiger partial charge is 0.224 e. The number of hydrogen-bond donors (Lipinski definition) is 2. The van der Waals surface area contributed by atoms with Crippen molar-refractivity contribution in [2.75, 3.05) is 11.1 Å². The fraction of sp³-hybridized carbons (Fsp3) is 0.167. The second kappa shape index (κ2) is 6.90. The molecule has 0 spiro atoms. The molecule has 7 heteroatoms. The Morgan fingerprint density at radius 3 is 2.72 bits per heavy atom. The van der Waals surface area contributed by atoms with E-state index in [2.05, 4.69) is 5.32 Å². The van der Waals surface area contributed by atoms with Gasteiger partial charge in [-0.3, -0.25) is 4.79 Å². The van der Waals surface area contributed by atoms with Crippen molar-refractivity contribution in [2.45, 2.75) is 17.7 Å². The molecule has 3 rings (SSSR count). The molecule has 0 atom stereocenters. The van der Waals surface area contributed by atoms with E-state index in [1.165, 1.54) is 0 Å². The highest BCUT2D eigenvalue weighted by molar-refractivity contribution is 7.91. The van der Waals surface area contributed by atoms with Crippen molar-refractivity contribution in [2.24, 2.45) is 0 Å². The lowest BCUT2D eigenvalue weighted by atomic mass is 10.0. The molecule has 130 valence electrons. The highest BCUT2D eigenvalue weighted by Crippen LogP contribution is 2.35. The van der Waals surface area contributed by atoms with Crippen LogP contribution in [0.2, 0.25) is 5.02 Å². The van der Waals surface area contributed by atoms with Gasteiger partial charge in [0.25, 0.3) is 0 Å². The van der Waals surface area contributed by atoms with Gasteiger partial charge in [-0.25, -0.2) is 8.42 Å². The van der Waals surface area contributed by atoms with Crippen LogP contribution in [0.5, 0.6) is 5.75 Å². The van der Waals surface area contributed by atoms with Crippen LogP contribution in [-0.4, -0.2) is 25.2 Å². The SMILES string of the molecule is O=C(CCc1ccc2c(c1O)S(=O)(=O)CC=C2)Nc1ccccc1Cl. The van der Waals surface area contributed by atoms with Gasteiger partial charge in [0.2, 0.25) is 5.91 Å². The number of aromatic hydroxyl groups is 1. The molecule has 1 aliphatic rings. The molecule has 25 heavy (non-hydrogen) atoms. The van der Waals surface area contributed by atoms with Gasteiger partial charge in [-0.1, -0.05) is 48.0 Å². The number of nitrogens with one attached hydrogen (secondary N) is 1. The lowest BCUT2D eigenvalue weighted by Crippen LogP contribution is -2.14. The molecule has 2 N–H and O–H groups in total. The minimum absolute atomic E-state index is 0.0565. The maximum absolute atomic E-state index is 12.2. The molecule has 0 aromatic heterocycles. The number of phenolic OH excluding ortho intramolecular Hbond substituents is 1. The van der Waals surface area contributed by atoms with Crippen LogP contribution in [0.4, 0.5) is 5.69 Å². The first-order chi connectivity index (χ1) is 11.9. The Labute approximate surface area is 150 Å². The number of phenols is 1. The van der Waals surface area contributed by atoms with Gasteiger partial charge in [0, 0.05) is 6.42 Å². The number of benzene rings is 2. The lowest BCUT2D eigenvalue weighted by molar-refractivity contribution is -0.116. The van der Waals surface area contributed by atoms with Gasteiger partial charge >= 0.3 is 0 Å². The van der Waals surface area contributed by atoms with E-state index in [0.29, 0.717) is 21.8 Å². The zero-order valence-corrected chi connectivity index (χ0v) is 14.8. The summed E-state index contributed by atoms with van der Waals surface area (Å²) in [6, 6.07) is 10.2. The summed E-state index contributed by atoms with van der Waals surface area (Å²) >= 11 is 5.99. The Morgan fingerprint density at radius 2 is 1.96 bits per heavy atom. The van der Waals surface area contributed by atoms with E-state index >= 15 is 0 Å². The number of sulfone groups is 1. The van der Waals surface area contributed by atoms with E-state index in [1.807, 2.05) is 0 Å². The Morgan fingerprint density at radius 1 is 1.20 bits per heavy atom. The number of hydrogen-bond acceptors (Lipinski definition) is 4. The number of amides is 1. The maximum atomic E-state index is 12.2. The summed E-state index contributed by atoms with van der Waals surface area (Å²) in [6.45, 7) is 0. The molecule has 0 bridgehead atoms. The van der Waals surface area contributed by atoms with Crippen molar-refractivity contribution in [1.29, 1.82) is 0 Å². The standard InChI is InChI=1S/C18H16ClNO4S/c19-14-5-1-2-6-15(14)20-16(21)10-9-12-7-8-13-4-3-11-25(23,24)18(13)17(12)22/h1-8,22H,9-11H2,(H,20,21). The fourth-order valence-electron chi connectivity index (χ4n) is 2.70. The van der Waals surface area contributed by atoms with Crippen molar-refractivity contribution < 1.29 is 18.3 Å². The van der Waals surface area contributed by atoms with Crippen molar-refractivity contribution in [3.8, 4) is 5.75 Å². The van der Waals surface area contributed by atoms with Crippen LogP contribution in [0.25, 0.3) is 6.08 Å². The second-order valence-electron chi connectivity index (χ2n) is 5.70. The molecule has 1 amide bonds. The number of halogens is 1. The van der Waals surface area contributed by atoms with Gasteiger partial charge in [-0.15, -0.1) is 0 Å². The molecule has 0 saturated heterocycles. The first kappa shape index (κ1) is 17.5. The Balaban J connectivity index is 1.75. The number of fused-ring (bicyclic) bond motifs is 1. The Bertz CT molecular complexity index is 967. The molecule has 0 saturated carbocycles. The number of carbonyl (C=O) groups is 1. The first-order valence-corrected chi connectivity index (χ1v) is 9.70. The molecule has 5 nitrogen and oxygen atoms in total. The summed E-state index contributed by atoms with van der Waals surface area (Å²) in [7, 11) is -3.54. The van der Waals surface area contributed by atoms with Gasteiger partial charge in [0.1, 0.15) is 10.6 Å². The molecular formula is C18H16ClNO4S. The highest BCUT2D eigenvalue weighted by atomic mass is 35.5. The molecule has 2 aromatic carbocycles. The van der Waals surface area contributed by atoms with Crippen LogP contribution in [0.3, 0.4) is 0 Å². The van der Waals surface area contributed by atoms with E-state index in [9.17, 15) is 18.3 Å². The molecule has 0 fully saturated rings. The van der Waals surface area contributed by atoms with Crippen LogP contribution in [0, 0.1) is 0 Å². The average molecular weight is 378 g/mol. The summed E-state index contributed by atoms with van der Waals surface area (Å²) < 4.78 is 24.3. The largest absolute Gasteiger partial charge is 0.506 e. The summed E-state index contributed by atoms with van der Waals surface area (Å²) in [5.41, 5.74) is 1.40. The van der Waals surface area contributed by atoms with Crippen LogP contribution < -0.4 is 5.32 Å². The third-order valence-electron chi connectivity index (χ3n) is 3.94.